The monoisotopic (exact) mass is 326 g/mol. The molecule has 2 aromatic rings. The van der Waals surface area contributed by atoms with Crippen molar-refractivity contribution in [1.29, 1.82) is 0 Å². The fourth-order valence-corrected chi connectivity index (χ4v) is 2.29. The van der Waals surface area contributed by atoms with E-state index in [1.807, 2.05) is 66.5 Å². The molecule has 2 rings (SSSR count). The summed E-state index contributed by atoms with van der Waals surface area (Å²) in [5, 5.41) is 3.27. The molecule has 0 heterocycles. The number of carbonyl (C=O) groups excluding carboxylic acids is 1. The summed E-state index contributed by atoms with van der Waals surface area (Å²) in [4.78, 5) is 13.8. The zero-order chi connectivity index (χ0) is 17.2. The predicted molar refractivity (Wildman–Crippen MR) is 98.6 cm³/mol. The smallest absolute Gasteiger partial charge is 0.224 e. The van der Waals surface area contributed by atoms with E-state index in [0.717, 1.165) is 36.6 Å². The van der Waals surface area contributed by atoms with Gasteiger partial charge >= 0.3 is 0 Å². The Hall–Kier alpha value is -2.49. The molecule has 1 amide bonds. The molecule has 4 nitrogen and oxygen atoms in total. The second-order valence-corrected chi connectivity index (χ2v) is 5.79. The quantitative estimate of drug-likeness (QED) is 0.735. The van der Waals surface area contributed by atoms with Gasteiger partial charge in [-0.25, -0.2) is 0 Å². The van der Waals surface area contributed by atoms with E-state index in [1.165, 1.54) is 0 Å². The van der Waals surface area contributed by atoms with Crippen molar-refractivity contribution >= 4 is 11.6 Å². The Morgan fingerprint density at radius 2 is 1.71 bits per heavy atom. The van der Waals surface area contributed by atoms with E-state index in [-0.39, 0.29) is 5.91 Å². The van der Waals surface area contributed by atoms with Crippen molar-refractivity contribution < 1.29 is 9.53 Å². The van der Waals surface area contributed by atoms with Gasteiger partial charge in [0.05, 0.1) is 0 Å². The summed E-state index contributed by atoms with van der Waals surface area (Å²) in [6.07, 6.45) is 2.66. The number of anilines is 1. The van der Waals surface area contributed by atoms with Crippen LogP contribution in [0.3, 0.4) is 0 Å². The Balaban J connectivity index is 1.75. The predicted octanol–water partition coefficient (Wildman–Crippen LogP) is 4.54. The van der Waals surface area contributed by atoms with Crippen LogP contribution in [0.15, 0.2) is 54.6 Å². The Labute approximate surface area is 144 Å². The van der Waals surface area contributed by atoms with Gasteiger partial charge < -0.3 is 15.0 Å². The summed E-state index contributed by atoms with van der Waals surface area (Å²) in [5.41, 5.74) is 0.986. The van der Waals surface area contributed by atoms with Gasteiger partial charge in [-0.05, 0) is 42.8 Å². The maximum Gasteiger partial charge on any atom is 0.224 e. The van der Waals surface area contributed by atoms with Crippen molar-refractivity contribution in [2.45, 2.75) is 26.2 Å². The summed E-state index contributed by atoms with van der Waals surface area (Å²) in [6, 6.07) is 17.5. The third kappa shape index (κ3) is 5.95. The third-order valence-electron chi connectivity index (χ3n) is 3.77. The summed E-state index contributed by atoms with van der Waals surface area (Å²) in [6.45, 7) is 3.60. The van der Waals surface area contributed by atoms with E-state index in [9.17, 15) is 4.79 Å². The molecule has 0 aromatic heterocycles. The molecule has 2 aromatic carbocycles. The van der Waals surface area contributed by atoms with Gasteiger partial charge in [-0.3, -0.25) is 4.79 Å². The van der Waals surface area contributed by atoms with Gasteiger partial charge in [0.15, 0.2) is 0 Å². The molecule has 0 saturated carbocycles. The molecule has 0 saturated heterocycles. The molecule has 24 heavy (non-hydrogen) atoms. The Morgan fingerprint density at radius 3 is 2.38 bits per heavy atom. The zero-order valence-corrected chi connectivity index (χ0v) is 14.5. The summed E-state index contributed by atoms with van der Waals surface area (Å²) >= 11 is 0. The van der Waals surface area contributed by atoms with Crippen molar-refractivity contribution in [3.05, 3.63) is 54.6 Å². The first-order valence-electron chi connectivity index (χ1n) is 8.50. The fourth-order valence-electron chi connectivity index (χ4n) is 2.29. The van der Waals surface area contributed by atoms with E-state index in [1.54, 1.807) is 0 Å². The number of rotatable bonds is 9. The van der Waals surface area contributed by atoms with Crippen LogP contribution in [0.1, 0.15) is 26.2 Å². The first-order valence-corrected chi connectivity index (χ1v) is 8.50. The van der Waals surface area contributed by atoms with Crippen molar-refractivity contribution in [1.82, 2.24) is 4.90 Å². The number of nitrogens with zero attached hydrogens (tertiary/aromatic N) is 1. The number of amides is 1. The minimum absolute atomic E-state index is 0.181. The molecule has 0 aliphatic heterocycles. The topological polar surface area (TPSA) is 41.6 Å². The van der Waals surface area contributed by atoms with Crippen molar-refractivity contribution in [3.8, 4) is 11.5 Å². The first kappa shape index (κ1) is 17.9. The van der Waals surface area contributed by atoms with Crippen molar-refractivity contribution in [2.24, 2.45) is 0 Å². The normalized spacial score (nSPS) is 10.2. The van der Waals surface area contributed by atoms with Crippen molar-refractivity contribution in [3.63, 3.8) is 0 Å². The van der Waals surface area contributed by atoms with Gasteiger partial charge in [-0.2, -0.15) is 0 Å². The third-order valence-corrected chi connectivity index (χ3v) is 3.77. The molecule has 0 fully saturated rings. The van der Waals surface area contributed by atoms with Gasteiger partial charge in [0, 0.05) is 32.2 Å². The molecule has 0 atom stereocenters. The number of carbonyl (C=O) groups is 1. The van der Waals surface area contributed by atoms with Gasteiger partial charge in [0.1, 0.15) is 11.5 Å². The Bertz CT molecular complexity index is 611. The Morgan fingerprint density at radius 1 is 1.04 bits per heavy atom. The molecule has 0 radical (unpaired) electrons. The van der Waals surface area contributed by atoms with Crippen LogP contribution in [0, 0.1) is 0 Å². The van der Waals surface area contributed by atoms with E-state index in [4.69, 9.17) is 4.74 Å². The molecule has 0 spiro atoms. The van der Waals surface area contributed by atoms with Crippen LogP contribution >= 0.6 is 0 Å². The van der Waals surface area contributed by atoms with Gasteiger partial charge in [0.25, 0.3) is 0 Å². The number of para-hydroxylation sites is 1. The van der Waals surface area contributed by atoms with Crippen LogP contribution in [0.5, 0.6) is 11.5 Å². The lowest BCUT2D eigenvalue weighted by molar-refractivity contribution is -0.129. The van der Waals surface area contributed by atoms with Gasteiger partial charge in [0.2, 0.25) is 5.91 Å². The maximum absolute atomic E-state index is 12.0. The summed E-state index contributed by atoms with van der Waals surface area (Å²) in [7, 11) is 1.87. The van der Waals surface area contributed by atoms with Crippen LogP contribution in [-0.4, -0.2) is 30.9 Å². The summed E-state index contributed by atoms with van der Waals surface area (Å²) in [5.74, 6) is 1.79. The minimum Gasteiger partial charge on any atom is -0.457 e. The van der Waals surface area contributed by atoms with Crippen LogP contribution in [0.25, 0.3) is 0 Å². The highest BCUT2D eigenvalue weighted by molar-refractivity contribution is 5.76. The standard InChI is InChI=1S/C20H26N2O2/c1-3-4-16-22(2)20(23)14-15-21-17-10-12-19(13-11-17)24-18-8-6-5-7-9-18/h5-13,21H,3-4,14-16H2,1-2H3. The molecular formula is C20H26N2O2. The Kier molecular flexibility index (Phi) is 7.15. The van der Waals surface area contributed by atoms with E-state index in [0.29, 0.717) is 13.0 Å². The molecule has 4 heteroatoms. The van der Waals surface area contributed by atoms with Gasteiger partial charge in [-0.1, -0.05) is 31.5 Å². The number of ether oxygens (including phenoxy) is 1. The average Bonchev–Trinajstić information content (AvgIpc) is 2.62. The number of nitrogens with one attached hydrogen (secondary N) is 1. The molecular weight excluding hydrogens is 300 g/mol. The highest BCUT2D eigenvalue weighted by atomic mass is 16.5. The van der Waals surface area contributed by atoms with Crippen molar-refractivity contribution in [2.75, 3.05) is 25.5 Å². The van der Waals surface area contributed by atoms with E-state index < -0.39 is 0 Å². The number of hydrogen-bond acceptors (Lipinski definition) is 3. The fraction of sp³-hybridized carbons (Fsp3) is 0.350. The maximum atomic E-state index is 12.0. The van der Waals surface area contributed by atoms with Crippen LogP contribution in [-0.2, 0) is 4.79 Å². The number of hydrogen-bond donors (Lipinski definition) is 1. The molecule has 0 bridgehead atoms. The molecule has 0 aliphatic carbocycles. The molecule has 1 N–H and O–H groups in total. The second kappa shape index (κ2) is 9.60. The van der Waals surface area contributed by atoms with E-state index >= 15 is 0 Å². The van der Waals surface area contributed by atoms with Crippen LogP contribution in [0.2, 0.25) is 0 Å². The number of unbranched alkanes of at least 4 members (excludes halogenated alkanes) is 1. The highest BCUT2D eigenvalue weighted by Crippen LogP contribution is 2.22. The summed E-state index contributed by atoms with van der Waals surface area (Å²) < 4.78 is 5.76. The number of benzene rings is 2. The SMILES string of the molecule is CCCCN(C)C(=O)CCNc1ccc(Oc2ccccc2)cc1. The highest BCUT2D eigenvalue weighted by Gasteiger charge is 2.07. The van der Waals surface area contributed by atoms with Gasteiger partial charge in [-0.15, -0.1) is 0 Å². The second-order valence-electron chi connectivity index (χ2n) is 5.79. The lowest BCUT2D eigenvalue weighted by Crippen LogP contribution is -2.29. The molecule has 0 aliphatic rings. The molecule has 0 unspecified atom stereocenters. The average molecular weight is 326 g/mol. The van der Waals surface area contributed by atoms with E-state index in [2.05, 4.69) is 12.2 Å². The molecule has 128 valence electrons. The first-order chi connectivity index (χ1) is 11.7. The lowest BCUT2D eigenvalue weighted by Gasteiger charge is -2.17. The van der Waals surface area contributed by atoms with Crippen LogP contribution in [0.4, 0.5) is 5.69 Å². The minimum atomic E-state index is 0.181. The largest absolute Gasteiger partial charge is 0.457 e. The lowest BCUT2D eigenvalue weighted by atomic mass is 10.2. The zero-order valence-electron chi connectivity index (χ0n) is 14.5. The van der Waals surface area contributed by atoms with Crippen LogP contribution < -0.4 is 10.1 Å².